The molecular weight excluding hydrogens is 388 g/mol. The fourth-order valence-electron chi connectivity index (χ4n) is 4.86. The smallest absolute Gasteiger partial charge is 0.229 e. The fourth-order valence-corrected chi connectivity index (χ4v) is 5.46. The second kappa shape index (κ2) is 5.93. The molecule has 0 aromatic carbocycles. The van der Waals surface area contributed by atoms with Crippen molar-refractivity contribution in [2.45, 2.75) is 49.7 Å². The summed E-state index contributed by atoms with van der Waals surface area (Å²) < 4.78 is 17.7. The summed E-state index contributed by atoms with van der Waals surface area (Å²) in [6.45, 7) is 1.36. The molecule has 2 saturated carbocycles. The predicted molar refractivity (Wildman–Crippen MR) is 94.1 cm³/mol. The Hall–Kier alpha value is -1.18. The summed E-state index contributed by atoms with van der Waals surface area (Å²) in [6.07, 6.45) is 5.20. The summed E-state index contributed by atoms with van der Waals surface area (Å²) in [5.74, 6) is -0.200. The number of pyridine rings is 1. The molecule has 3 aliphatic rings. The molecule has 1 aromatic heterocycles. The first-order valence-electron chi connectivity index (χ1n) is 8.72. The van der Waals surface area contributed by atoms with Crippen LogP contribution < -0.4 is 10.5 Å². The first-order valence-corrected chi connectivity index (χ1v) is 9.51. The predicted octanol–water partition coefficient (Wildman–Crippen LogP) is 2.67. The highest BCUT2D eigenvalue weighted by Crippen LogP contribution is 2.64. The van der Waals surface area contributed by atoms with Gasteiger partial charge in [0.25, 0.3) is 0 Å². The van der Waals surface area contributed by atoms with E-state index in [1.165, 1.54) is 0 Å². The monoisotopic (exact) mass is 410 g/mol. The van der Waals surface area contributed by atoms with Gasteiger partial charge >= 0.3 is 0 Å². The number of methoxy groups -OCH3 is 1. The Morgan fingerprint density at radius 2 is 1.84 bits per heavy atom. The molecule has 2 aliphatic carbocycles. The van der Waals surface area contributed by atoms with E-state index < -0.39 is 5.41 Å². The SMILES string of the molecule is COc1ccc(Br)c(C2(C(N)=O)CC3(CCC4(CC3)OCCO4)C2)n1. The molecule has 1 amide bonds. The number of hydrogen-bond donors (Lipinski definition) is 1. The lowest BCUT2D eigenvalue weighted by Gasteiger charge is -2.58. The zero-order valence-corrected chi connectivity index (χ0v) is 15.9. The molecule has 0 radical (unpaired) electrons. The Labute approximate surface area is 155 Å². The topological polar surface area (TPSA) is 83.7 Å². The Morgan fingerprint density at radius 3 is 2.40 bits per heavy atom. The van der Waals surface area contributed by atoms with Crippen LogP contribution in [-0.2, 0) is 19.7 Å². The van der Waals surface area contributed by atoms with Crippen molar-refractivity contribution >= 4 is 21.8 Å². The molecule has 1 aliphatic heterocycles. The Bertz CT molecular complexity index is 684. The number of nitrogens with zero attached hydrogens (tertiary/aromatic N) is 1. The number of rotatable bonds is 3. The molecule has 1 aromatic rings. The largest absolute Gasteiger partial charge is 0.481 e. The molecule has 6 nitrogen and oxygen atoms in total. The van der Waals surface area contributed by atoms with Gasteiger partial charge in [0.15, 0.2) is 5.79 Å². The van der Waals surface area contributed by atoms with Crippen LogP contribution in [0, 0.1) is 5.41 Å². The number of carbonyl (C=O) groups is 1. The lowest BCUT2D eigenvalue weighted by Crippen LogP contribution is -2.59. The molecule has 7 heteroatoms. The number of ether oxygens (including phenoxy) is 3. The van der Waals surface area contributed by atoms with Crippen LogP contribution in [0.15, 0.2) is 16.6 Å². The van der Waals surface area contributed by atoms with Crippen molar-refractivity contribution in [3.63, 3.8) is 0 Å². The minimum Gasteiger partial charge on any atom is -0.481 e. The van der Waals surface area contributed by atoms with Crippen LogP contribution in [0.4, 0.5) is 0 Å². The van der Waals surface area contributed by atoms with E-state index >= 15 is 0 Å². The highest BCUT2D eigenvalue weighted by atomic mass is 79.9. The van der Waals surface area contributed by atoms with Gasteiger partial charge in [-0.2, -0.15) is 0 Å². The van der Waals surface area contributed by atoms with Crippen molar-refractivity contribution in [1.29, 1.82) is 0 Å². The van der Waals surface area contributed by atoms with Gasteiger partial charge in [0.05, 0.1) is 31.4 Å². The molecule has 25 heavy (non-hydrogen) atoms. The van der Waals surface area contributed by atoms with Crippen LogP contribution in [0.5, 0.6) is 5.88 Å². The lowest BCUT2D eigenvalue weighted by molar-refractivity contribution is -0.205. The van der Waals surface area contributed by atoms with Crippen LogP contribution in [-0.4, -0.2) is 37.0 Å². The normalized spacial score (nSPS) is 25.7. The fraction of sp³-hybridized carbons (Fsp3) is 0.667. The number of hydrogen-bond acceptors (Lipinski definition) is 5. The van der Waals surface area contributed by atoms with Crippen molar-refractivity contribution < 1.29 is 19.0 Å². The van der Waals surface area contributed by atoms with Crippen LogP contribution in [0.2, 0.25) is 0 Å². The highest BCUT2D eigenvalue weighted by molar-refractivity contribution is 9.10. The molecule has 2 heterocycles. The Morgan fingerprint density at radius 1 is 1.20 bits per heavy atom. The maximum Gasteiger partial charge on any atom is 0.229 e. The van der Waals surface area contributed by atoms with Gasteiger partial charge in [0.2, 0.25) is 11.8 Å². The van der Waals surface area contributed by atoms with Crippen LogP contribution in [0.25, 0.3) is 0 Å². The van der Waals surface area contributed by atoms with E-state index in [1.807, 2.05) is 6.07 Å². The molecule has 136 valence electrons. The van der Waals surface area contributed by atoms with Crippen molar-refractivity contribution in [1.82, 2.24) is 4.98 Å². The first kappa shape index (κ1) is 17.2. The average Bonchev–Trinajstić information content (AvgIpc) is 3.03. The van der Waals surface area contributed by atoms with Gasteiger partial charge in [-0.05, 0) is 53.1 Å². The third-order valence-electron chi connectivity index (χ3n) is 6.19. The van der Waals surface area contributed by atoms with Gasteiger partial charge in [0, 0.05) is 23.4 Å². The second-order valence-electron chi connectivity index (χ2n) is 7.59. The third-order valence-corrected chi connectivity index (χ3v) is 6.83. The third kappa shape index (κ3) is 2.67. The number of primary amides is 1. The Kier molecular flexibility index (Phi) is 4.09. The summed E-state index contributed by atoms with van der Waals surface area (Å²) in [7, 11) is 1.57. The van der Waals surface area contributed by atoms with Gasteiger partial charge in [-0.15, -0.1) is 0 Å². The molecule has 0 atom stereocenters. The van der Waals surface area contributed by atoms with Crippen LogP contribution in [0.3, 0.4) is 0 Å². The van der Waals surface area contributed by atoms with E-state index in [9.17, 15) is 4.79 Å². The molecule has 0 bridgehead atoms. The summed E-state index contributed by atoms with van der Waals surface area (Å²) >= 11 is 3.53. The second-order valence-corrected chi connectivity index (χ2v) is 8.45. The first-order chi connectivity index (χ1) is 11.9. The number of amides is 1. The summed E-state index contributed by atoms with van der Waals surface area (Å²) in [4.78, 5) is 16.9. The van der Waals surface area contributed by atoms with E-state index in [0.29, 0.717) is 24.8 Å². The minimum atomic E-state index is -0.727. The van der Waals surface area contributed by atoms with Gasteiger partial charge in [-0.25, -0.2) is 4.98 Å². The van der Waals surface area contributed by atoms with E-state index in [1.54, 1.807) is 13.2 Å². The summed E-state index contributed by atoms with van der Waals surface area (Å²) in [5.41, 5.74) is 5.93. The highest BCUT2D eigenvalue weighted by Gasteiger charge is 2.62. The molecule has 4 rings (SSSR count). The molecule has 2 N–H and O–H groups in total. The summed E-state index contributed by atoms with van der Waals surface area (Å²) in [6, 6.07) is 3.64. The van der Waals surface area contributed by atoms with E-state index in [0.717, 1.165) is 43.0 Å². The van der Waals surface area contributed by atoms with Gasteiger partial charge in [0.1, 0.15) is 0 Å². The van der Waals surface area contributed by atoms with E-state index in [2.05, 4.69) is 20.9 Å². The van der Waals surface area contributed by atoms with Gasteiger partial charge < -0.3 is 19.9 Å². The summed E-state index contributed by atoms with van der Waals surface area (Å²) in [5, 5.41) is 0. The zero-order chi connectivity index (χ0) is 17.7. The molecular formula is C18H23BrN2O4. The zero-order valence-electron chi connectivity index (χ0n) is 14.3. The average molecular weight is 411 g/mol. The van der Waals surface area contributed by atoms with E-state index in [-0.39, 0.29) is 17.1 Å². The van der Waals surface area contributed by atoms with Crippen molar-refractivity contribution in [2.75, 3.05) is 20.3 Å². The molecule has 2 spiro atoms. The number of nitrogens with two attached hydrogens (primary N) is 1. The van der Waals surface area contributed by atoms with Crippen molar-refractivity contribution in [3.05, 3.63) is 22.3 Å². The molecule has 1 saturated heterocycles. The molecule has 3 fully saturated rings. The maximum absolute atomic E-state index is 12.4. The lowest BCUT2D eigenvalue weighted by atomic mass is 9.46. The van der Waals surface area contributed by atoms with Crippen LogP contribution >= 0.6 is 15.9 Å². The Balaban J connectivity index is 1.57. The number of carbonyl (C=O) groups excluding carboxylic acids is 1. The van der Waals surface area contributed by atoms with E-state index in [4.69, 9.17) is 19.9 Å². The number of halogens is 1. The molecule has 0 unspecified atom stereocenters. The quantitative estimate of drug-likeness (QED) is 0.827. The standard InChI is InChI=1S/C18H23BrN2O4/c1-23-13-3-2-12(19)14(21-13)17(15(20)22)10-16(11-17)4-6-18(7-5-16)24-8-9-25-18/h2-3H,4-11H2,1H3,(H2,20,22). The number of aromatic nitrogens is 1. The van der Waals surface area contributed by atoms with Gasteiger partial charge in [-0.1, -0.05) is 0 Å². The van der Waals surface area contributed by atoms with Gasteiger partial charge in [-0.3, -0.25) is 4.79 Å². The van der Waals surface area contributed by atoms with Crippen molar-refractivity contribution in [2.24, 2.45) is 11.1 Å². The maximum atomic E-state index is 12.4. The van der Waals surface area contributed by atoms with Crippen molar-refractivity contribution in [3.8, 4) is 5.88 Å². The minimum absolute atomic E-state index is 0.125. The van der Waals surface area contributed by atoms with Crippen LogP contribution in [0.1, 0.15) is 44.2 Å².